The maximum Gasteiger partial charge on any atom is 0.138 e. The lowest BCUT2D eigenvalue weighted by Gasteiger charge is -2.30. The summed E-state index contributed by atoms with van der Waals surface area (Å²) in [6.07, 6.45) is 1.96. The van der Waals surface area contributed by atoms with Crippen molar-refractivity contribution in [1.29, 1.82) is 0 Å². The van der Waals surface area contributed by atoms with E-state index in [4.69, 9.17) is 9.97 Å². The average molecular weight is 1060 g/mol. The third-order valence-electron chi connectivity index (χ3n) is 15.4. The van der Waals surface area contributed by atoms with E-state index in [0.29, 0.717) is 17.1 Å². The van der Waals surface area contributed by atoms with Gasteiger partial charge in [0, 0.05) is 49.1 Å². The van der Waals surface area contributed by atoms with E-state index in [1.165, 1.54) is 31.8 Å². The highest BCUT2D eigenvalue weighted by Crippen LogP contribution is 2.49. The highest BCUT2D eigenvalue weighted by Gasteiger charge is 2.29. The van der Waals surface area contributed by atoms with Crippen LogP contribution in [0.4, 0.5) is 17.2 Å². The fourth-order valence-corrected chi connectivity index (χ4v) is 11.6. The fraction of sp³-hybridized carbons (Fsp3) is 0.270. The predicted octanol–water partition coefficient (Wildman–Crippen LogP) is 21.4. The molecule has 7 aromatic carbocycles. The maximum atomic E-state index is 12.8. The molecular weight excluding hydrogens is 979 g/mol. The molecule has 0 radical (unpaired) electrons. The van der Waals surface area contributed by atoms with E-state index >= 15 is 0 Å². The van der Waals surface area contributed by atoms with Crippen LogP contribution >= 0.6 is 11.3 Å². The number of aromatic nitrogens is 2. The molecule has 0 fully saturated rings. The Morgan fingerprint density at radius 1 is 0.405 bits per heavy atom. The summed E-state index contributed by atoms with van der Waals surface area (Å²) >= 11 is 1.81. The Balaban J connectivity index is 1.31. The summed E-state index contributed by atoms with van der Waals surface area (Å²) in [6.45, 7) is 33.8. The van der Waals surface area contributed by atoms with Gasteiger partial charge in [-0.2, -0.15) is 0 Å². The number of aromatic hydroxyl groups is 1. The smallest absolute Gasteiger partial charge is 0.138 e. The average Bonchev–Trinajstić information content (AvgIpc) is 4.08. The fourth-order valence-electron chi connectivity index (χ4n) is 10.5. The second kappa shape index (κ2) is 20.6. The van der Waals surface area contributed by atoms with Crippen molar-refractivity contribution in [3.63, 3.8) is 0 Å². The molecule has 3 aromatic heterocycles. The summed E-state index contributed by atoms with van der Waals surface area (Å²) in [5.74, 6) is 0.963. The SMILES string of the molecule is CC(C)(C)c1ccc(-c2cc3c(-c4cc(-c5ccccc5)cc(N(c5cc(-c6cc(C(C)(C)C)cc(C(C)(C)C)c6)cc(-c6cc(C(C)(C)C)cc(C(C)(C)C)c6O)n5)c5ccccc5-c5ccccc5)c4)nccc3s2)cc1. The number of phenols is 1. The molecular formula is C74H77N3OS. The highest BCUT2D eigenvalue weighted by atomic mass is 32.1. The summed E-state index contributed by atoms with van der Waals surface area (Å²) in [5.41, 5.74) is 17.9. The third kappa shape index (κ3) is 11.5. The molecule has 3 heterocycles. The lowest BCUT2D eigenvalue weighted by atomic mass is 9.78. The van der Waals surface area contributed by atoms with E-state index in [1.54, 1.807) is 11.3 Å². The van der Waals surface area contributed by atoms with Crippen molar-refractivity contribution < 1.29 is 5.11 Å². The van der Waals surface area contributed by atoms with Gasteiger partial charge in [-0.15, -0.1) is 11.3 Å². The molecule has 4 nitrogen and oxygen atoms in total. The number of nitrogens with zero attached hydrogens (tertiary/aromatic N) is 3. The van der Waals surface area contributed by atoms with Crippen molar-refractivity contribution in [3.05, 3.63) is 216 Å². The number of rotatable bonds is 9. The van der Waals surface area contributed by atoms with E-state index in [-0.39, 0.29) is 32.8 Å². The Kier molecular flexibility index (Phi) is 14.3. The second-order valence-corrected chi connectivity index (χ2v) is 27.8. The molecule has 400 valence electrons. The predicted molar refractivity (Wildman–Crippen MR) is 340 cm³/mol. The quantitative estimate of drug-likeness (QED) is 0.156. The van der Waals surface area contributed by atoms with Gasteiger partial charge in [-0.25, -0.2) is 4.98 Å². The third-order valence-corrected chi connectivity index (χ3v) is 16.5. The van der Waals surface area contributed by atoms with Crippen molar-refractivity contribution in [1.82, 2.24) is 9.97 Å². The molecule has 0 saturated carbocycles. The number of hydrogen-bond donors (Lipinski definition) is 1. The molecule has 0 aliphatic rings. The standard InChI is InChI=1S/C74H77N3OS/c1-70(2,3)54-32-30-49(31-33-54)66-46-61-65(79-66)34-35-75-68(61)53-36-50(47-24-18-16-19-25-47)39-58(40-53)77(64-29-23-22-28-59(64)48-26-20-17-21-27-48)67-42-52(51-37-55(71(4,5)6)43-56(38-51)72(7,8)9)41-63(76-67)60-44-57(73(10,11)12)45-62(69(60)78)74(13,14)15/h16-46,78H,1-15H3. The monoisotopic (exact) mass is 1060 g/mol. The minimum Gasteiger partial charge on any atom is -0.507 e. The van der Waals surface area contributed by atoms with E-state index in [0.717, 1.165) is 72.5 Å². The molecule has 5 heteroatoms. The molecule has 10 rings (SSSR count). The lowest BCUT2D eigenvalue weighted by molar-refractivity contribution is 0.446. The zero-order chi connectivity index (χ0) is 56.4. The van der Waals surface area contributed by atoms with Gasteiger partial charge in [0.15, 0.2) is 0 Å². The van der Waals surface area contributed by atoms with Gasteiger partial charge < -0.3 is 5.11 Å². The molecule has 0 aliphatic carbocycles. The number of benzene rings is 7. The van der Waals surface area contributed by atoms with Crippen LogP contribution < -0.4 is 4.90 Å². The van der Waals surface area contributed by atoms with Crippen molar-refractivity contribution >= 4 is 38.6 Å². The summed E-state index contributed by atoms with van der Waals surface area (Å²) in [6, 6.07) is 66.3. The molecule has 0 amide bonds. The van der Waals surface area contributed by atoms with Crippen LogP contribution in [0.3, 0.4) is 0 Å². The Labute approximate surface area is 475 Å². The lowest BCUT2D eigenvalue weighted by Crippen LogP contribution is -2.17. The zero-order valence-electron chi connectivity index (χ0n) is 49.1. The number of hydrogen-bond acceptors (Lipinski definition) is 5. The Hall–Kier alpha value is -7.60. The van der Waals surface area contributed by atoms with E-state index in [9.17, 15) is 5.11 Å². The molecule has 1 N–H and O–H groups in total. The van der Waals surface area contributed by atoms with Crippen LogP contribution in [0.15, 0.2) is 188 Å². The van der Waals surface area contributed by atoms with Crippen LogP contribution in [0.2, 0.25) is 0 Å². The summed E-state index contributed by atoms with van der Waals surface area (Å²) in [7, 11) is 0. The zero-order valence-corrected chi connectivity index (χ0v) is 49.9. The second-order valence-electron chi connectivity index (χ2n) is 26.7. The van der Waals surface area contributed by atoms with Crippen LogP contribution in [0.1, 0.15) is 132 Å². The molecule has 0 bridgehead atoms. The summed E-state index contributed by atoms with van der Waals surface area (Å²) < 4.78 is 1.18. The molecule has 0 unspecified atom stereocenters. The summed E-state index contributed by atoms with van der Waals surface area (Å²) in [4.78, 5) is 14.6. The first kappa shape index (κ1) is 54.7. The topological polar surface area (TPSA) is 49.2 Å². The number of fused-ring (bicyclic) bond motifs is 1. The highest BCUT2D eigenvalue weighted by molar-refractivity contribution is 7.22. The number of anilines is 3. The van der Waals surface area contributed by atoms with Crippen LogP contribution in [-0.2, 0) is 27.1 Å². The number of phenolic OH excluding ortho intramolecular Hbond substituents is 1. The van der Waals surface area contributed by atoms with Crippen molar-refractivity contribution in [3.8, 4) is 72.1 Å². The number of para-hydroxylation sites is 1. The Morgan fingerprint density at radius 3 is 1.56 bits per heavy atom. The van der Waals surface area contributed by atoms with Crippen LogP contribution in [0.25, 0.3) is 76.4 Å². The first-order chi connectivity index (χ1) is 37.2. The minimum absolute atomic E-state index is 0.0627. The van der Waals surface area contributed by atoms with E-state index in [1.807, 2.05) is 6.20 Å². The first-order valence-electron chi connectivity index (χ1n) is 27.9. The molecule has 0 spiro atoms. The molecule has 0 aliphatic heterocycles. The minimum atomic E-state index is -0.352. The molecule has 10 aromatic rings. The van der Waals surface area contributed by atoms with Crippen molar-refractivity contribution in [2.45, 2.75) is 131 Å². The van der Waals surface area contributed by atoms with Gasteiger partial charge in [0.1, 0.15) is 11.6 Å². The Morgan fingerprint density at radius 2 is 0.949 bits per heavy atom. The van der Waals surface area contributed by atoms with Crippen molar-refractivity contribution in [2.24, 2.45) is 0 Å². The van der Waals surface area contributed by atoms with Gasteiger partial charge in [0.2, 0.25) is 0 Å². The van der Waals surface area contributed by atoms with Gasteiger partial charge in [-0.05, 0) is 137 Å². The maximum absolute atomic E-state index is 12.8. The molecule has 0 atom stereocenters. The summed E-state index contributed by atoms with van der Waals surface area (Å²) in [5, 5.41) is 13.9. The van der Waals surface area contributed by atoms with E-state index < -0.39 is 0 Å². The van der Waals surface area contributed by atoms with Gasteiger partial charge in [0.25, 0.3) is 0 Å². The van der Waals surface area contributed by atoms with Gasteiger partial charge >= 0.3 is 0 Å². The largest absolute Gasteiger partial charge is 0.507 e. The molecule has 79 heavy (non-hydrogen) atoms. The molecule has 0 saturated heterocycles. The van der Waals surface area contributed by atoms with Crippen molar-refractivity contribution in [2.75, 3.05) is 4.90 Å². The van der Waals surface area contributed by atoms with E-state index in [2.05, 4.69) is 291 Å². The van der Waals surface area contributed by atoms with Gasteiger partial charge in [-0.1, -0.05) is 231 Å². The van der Waals surface area contributed by atoms with Gasteiger partial charge in [-0.3, -0.25) is 9.88 Å². The van der Waals surface area contributed by atoms with Gasteiger partial charge in [0.05, 0.1) is 17.1 Å². The first-order valence-corrected chi connectivity index (χ1v) is 28.7. The normalized spacial score (nSPS) is 12.5. The van der Waals surface area contributed by atoms with Crippen LogP contribution in [0, 0.1) is 0 Å². The number of thiophene rings is 1. The number of pyridine rings is 2. The van der Waals surface area contributed by atoms with Crippen LogP contribution in [0.5, 0.6) is 5.75 Å². The van der Waals surface area contributed by atoms with Crippen LogP contribution in [-0.4, -0.2) is 15.1 Å². The Bertz CT molecular complexity index is 3820.